The molecule has 0 aliphatic heterocycles. The molecule has 1 aromatic carbocycles. The largest absolute Gasteiger partial charge is 0.309 e. The minimum Gasteiger partial charge on any atom is -0.309 e. The van der Waals surface area contributed by atoms with E-state index in [4.69, 9.17) is 23.2 Å². The molecule has 1 atom stereocenters. The highest BCUT2D eigenvalue weighted by Crippen LogP contribution is 2.52. The Kier molecular flexibility index (Phi) is 4.31. The first-order chi connectivity index (χ1) is 9.59. The maximum atomic E-state index is 6.08. The second-order valence-corrected chi connectivity index (χ2v) is 7.58. The van der Waals surface area contributed by atoms with Crippen molar-refractivity contribution in [2.45, 2.75) is 58.0 Å². The van der Waals surface area contributed by atoms with Crippen LogP contribution in [0.4, 0.5) is 0 Å². The number of hydrogen-bond donors (Lipinski definition) is 1. The van der Waals surface area contributed by atoms with E-state index in [0.29, 0.717) is 21.5 Å². The lowest BCUT2D eigenvalue weighted by atomic mass is 9.56. The van der Waals surface area contributed by atoms with Gasteiger partial charge in [-0.1, -0.05) is 49.0 Å². The predicted octanol–water partition coefficient (Wildman–Crippen LogP) is 5.44. The summed E-state index contributed by atoms with van der Waals surface area (Å²) in [5.74, 6) is 0.928. The lowest BCUT2D eigenvalue weighted by Crippen LogP contribution is -2.54. The van der Waals surface area contributed by atoms with E-state index in [1.807, 2.05) is 12.1 Å². The Balaban J connectivity index is 1.57. The van der Waals surface area contributed by atoms with Gasteiger partial charge < -0.3 is 5.32 Å². The van der Waals surface area contributed by atoms with Gasteiger partial charge in [-0.3, -0.25) is 0 Å². The number of hydrogen-bond acceptors (Lipinski definition) is 1. The summed E-state index contributed by atoms with van der Waals surface area (Å²) in [6.07, 6.45) is 8.38. The van der Waals surface area contributed by atoms with Gasteiger partial charge in [0.05, 0.1) is 10.0 Å². The molecule has 1 spiro atoms. The van der Waals surface area contributed by atoms with Gasteiger partial charge in [0.15, 0.2) is 0 Å². The minimum atomic E-state index is 0.600. The van der Waals surface area contributed by atoms with Gasteiger partial charge in [0.1, 0.15) is 0 Å². The maximum Gasteiger partial charge on any atom is 0.0595 e. The van der Waals surface area contributed by atoms with Crippen LogP contribution in [-0.4, -0.2) is 6.04 Å². The molecule has 0 radical (unpaired) electrons. The van der Waals surface area contributed by atoms with Crippen molar-refractivity contribution in [2.75, 3.05) is 0 Å². The first-order valence-corrected chi connectivity index (χ1v) is 8.52. The summed E-state index contributed by atoms with van der Waals surface area (Å²) in [7, 11) is 0. The van der Waals surface area contributed by atoms with Gasteiger partial charge in [0.2, 0.25) is 0 Å². The Morgan fingerprint density at radius 3 is 2.40 bits per heavy atom. The molecule has 110 valence electrons. The Hall–Kier alpha value is -0.240. The summed E-state index contributed by atoms with van der Waals surface area (Å²) in [6, 6.07) is 6.63. The van der Waals surface area contributed by atoms with Gasteiger partial charge in [-0.05, 0) is 54.7 Å². The Morgan fingerprint density at radius 2 is 1.80 bits per heavy atom. The summed E-state index contributed by atoms with van der Waals surface area (Å²) in [4.78, 5) is 0. The molecule has 0 saturated heterocycles. The second-order valence-electron chi connectivity index (χ2n) is 6.77. The quantitative estimate of drug-likeness (QED) is 0.783. The standard InChI is InChI=1S/C17H23Cl2N/c1-12-4-7-17(8-5-12)9-6-16(17)20-11-13-2-3-14(18)15(19)10-13/h2-3,10,12,16,20H,4-9,11H2,1H3/t12?,16-,17?/m0/s1. The fourth-order valence-electron chi connectivity index (χ4n) is 3.84. The first kappa shape index (κ1) is 14.7. The van der Waals surface area contributed by atoms with Crippen LogP contribution in [0.1, 0.15) is 51.0 Å². The molecule has 0 unspecified atom stereocenters. The third kappa shape index (κ3) is 2.86. The van der Waals surface area contributed by atoms with Crippen molar-refractivity contribution in [1.29, 1.82) is 0 Å². The van der Waals surface area contributed by atoms with Gasteiger partial charge in [-0.15, -0.1) is 0 Å². The molecular formula is C17H23Cl2N. The summed E-state index contributed by atoms with van der Waals surface area (Å²) in [5.41, 5.74) is 1.83. The van der Waals surface area contributed by atoms with Crippen LogP contribution in [0.25, 0.3) is 0 Å². The van der Waals surface area contributed by atoms with Crippen molar-refractivity contribution in [3.8, 4) is 0 Å². The van der Waals surface area contributed by atoms with Crippen molar-refractivity contribution in [1.82, 2.24) is 5.32 Å². The monoisotopic (exact) mass is 311 g/mol. The molecule has 2 aliphatic rings. The van der Waals surface area contributed by atoms with E-state index < -0.39 is 0 Å². The van der Waals surface area contributed by atoms with E-state index in [1.165, 1.54) is 44.1 Å². The zero-order valence-electron chi connectivity index (χ0n) is 12.1. The van der Waals surface area contributed by atoms with Crippen LogP contribution in [0.2, 0.25) is 10.0 Å². The average molecular weight is 312 g/mol. The molecular weight excluding hydrogens is 289 g/mol. The van der Waals surface area contributed by atoms with E-state index >= 15 is 0 Å². The van der Waals surface area contributed by atoms with Crippen LogP contribution in [0.3, 0.4) is 0 Å². The van der Waals surface area contributed by atoms with Crippen LogP contribution in [0.15, 0.2) is 18.2 Å². The van der Waals surface area contributed by atoms with Gasteiger partial charge >= 0.3 is 0 Å². The van der Waals surface area contributed by atoms with Gasteiger partial charge in [-0.2, -0.15) is 0 Å². The van der Waals surface area contributed by atoms with Gasteiger partial charge in [0.25, 0.3) is 0 Å². The molecule has 2 saturated carbocycles. The Labute approximate surface area is 132 Å². The van der Waals surface area contributed by atoms with Crippen molar-refractivity contribution in [3.63, 3.8) is 0 Å². The fourth-order valence-corrected chi connectivity index (χ4v) is 4.16. The van der Waals surface area contributed by atoms with Crippen LogP contribution < -0.4 is 5.32 Å². The molecule has 20 heavy (non-hydrogen) atoms. The summed E-state index contributed by atoms with van der Waals surface area (Å²) in [5, 5.41) is 5.05. The van der Waals surface area contributed by atoms with Crippen molar-refractivity contribution in [3.05, 3.63) is 33.8 Å². The molecule has 0 aromatic heterocycles. The molecule has 1 nitrogen and oxygen atoms in total. The van der Waals surface area contributed by atoms with Gasteiger partial charge in [0, 0.05) is 12.6 Å². The molecule has 2 aliphatic carbocycles. The van der Waals surface area contributed by atoms with Crippen molar-refractivity contribution in [2.24, 2.45) is 11.3 Å². The van der Waals surface area contributed by atoms with E-state index in [0.717, 1.165) is 12.5 Å². The molecule has 2 fully saturated rings. The smallest absolute Gasteiger partial charge is 0.0595 e. The summed E-state index contributed by atoms with van der Waals surface area (Å²) < 4.78 is 0. The van der Waals surface area contributed by atoms with E-state index in [1.54, 1.807) is 0 Å². The third-order valence-corrected chi connectivity index (χ3v) is 6.22. The second kappa shape index (κ2) is 5.87. The Bertz CT molecular complexity index is 478. The number of rotatable bonds is 3. The van der Waals surface area contributed by atoms with Crippen LogP contribution in [-0.2, 0) is 6.54 Å². The summed E-state index contributed by atoms with van der Waals surface area (Å²) >= 11 is 12.0. The van der Waals surface area contributed by atoms with E-state index in [2.05, 4.69) is 18.3 Å². The molecule has 3 heteroatoms. The number of nitrogens with one attached hydrogen (secondary N) is 1. The molecule has 0 heterocycles. The Morgan fingerprint density at radius 1 is 1.10 bits per heavy atom. The normalized spacial score (nSPS) is 33.1. The molecule has 0 amide bonds. The average Bonchev–Trinajstić information content (AvgIpc) is 2.43. The van der Waals surface area contributed by atoms with Crippen LogP contribution >= 0.6 is 23.2 Å². The predicted molar refractivity (Wildman–Crippen MR) is 86.4 cm³/mol. The van der Waals surface area contributed by atoms with E-state index in [9.17, 15) is 0 Å². The maximum absolute atomic E-state index is 6.08. The van der Waals surface area contributed by atoms with Crippen LogP contribution in [0.5, 0.6) is 0 Å². The fraction of sp³-hybridized carbons (Fsp3) is 0.647. The zero-order chi connectivity index (χ0) is 14.2. The highest BCUT2D eigenvalue weighted by Gasteiger charge is 2.47. The van der Waals surface area contributed by atoms with Gasteiger partial charge in [-0.25, -0.2) is 0 Å². The first-order valence-electron chi connectivity index (χ1n) is 7.76. The number of benzene rings is 1. The summed E-state index contributed by atoms with van der Waals surface area (Å²) in [6.45, 7) is 3.29. The molecule has 1 aromatic rings. The van der Waals surface area contributed by atoms with Crippen molar-refractivity contribution < 1.29 is 0 Å². The zero-order valence-corrected chi connectivity index (χ0v) is 13.6. The minimum absolute atomic E-state index is 0.600. The SMILES string of the molecule is CC1CCC2(CC1)CC[C@@H]2NCc1ccc(Cl)c(Cl)c1. The van der Waals surface area contributed by atoms with Crippen molar-refractivity contribution >= 4 is 23.2 Å². The molecule has 3 rings (SSSR count). The lowest BCUT2D eigenvalue weighted by molar-refractivity contribution is 0.00924. The van der Waals surface area contributed by atoms with Crippen LogP contribution in [0, 0.1) is 11.3 Å². The number of halogens is 2. The van der Waals surface area contributed by atoms with E-state index in [-0.39, 0.29) is 0 Å². The highest BCUT2D eigenvalue weighted by atomic mass is 35.5. The third-order valence-electron chi connectivity index (χ3n) is 5.48. The molecule has 0 bridgehead atoms. The highest BCUT2D eigenvalue weighted by molar-refractivity contribution is 6.42. The lowest BCUT2D eigenvalue weighted by Gasteiger charge is -2.53. The topological polar surface area (TPSA) is 12.0 Å². The molecule has 1 N–H and O–H groups in total.